The van der Waals surface area contributed by atoms with Gasteiger partial charge in [-0.1, -0.05) is 27.7 Å². The van der Waals surface area contributed by atoms with Crippen molar-refractivity contribution in [3.63, 3.8) is 0 Å². The van der Waals surface area contributed by atoms with Crippen LogP contribution in [-0.4, -0.2) is 35.6 Å². The van der Waals surface area contributed by atoms with E-state index in [9.17, 15) is 0 Å². The van der Waals surface area contributed by atoms with E-state index in [2.05, 4.69) is 43.3 Å². The minimum atomic E-state index is 0.177. The Bertz CT molecular complexity index is 377. The average Bonchev–Trinajstić information content (AvgIpc) is 2.63. The molecular weight excluding hydrogens is 242 g/mol. The Kier molecular flexibility index (Phi) is 4.41. The van der Waals surface area contributed by atoms with Crippen molar-refractivity contribution in [3.8, 4) is 0 Å². The molecule has 1 N–H and O–H groups in total. The lowest BCUT2D eigenvalue weighted by atomic mass is 9.98. The van der Waals surface area contributed by atoms with Crippen molar-refractivity contribution in [3.05, 3.63) is 16.1 Å². The molecule has 0 amide bonds. The van der Waals surface area contributed by atoms with Gasteiger partial charge in [-0.05, 0) is 13.0 Å². The second-order valence-corrected chi connectivity index (χ2v) is 7.03. The smallest absolute Gasteiger partial charge is 0.0982 e. The Hall–Kier alpha value is -0.450. The van der Waals surface area contributed by atoms with Crippen LogP contribution in [0, 0.1) is 0 Å². The fraction of sp³-hybridized carbons (Fsp3) is 0.786. The van der Waals surface area contributed by atoms with Crippen LogP contribution in [0.15, 0.2) is 5.38 Å². The molecular formula is C14H25N3S. The Morgan fingerprint density at radius 2 is 2.17 bits per heavy atom. The van der Waals surface area contributed by atoms with E-state index in [1.807, 2.05) is 0 Å². The van der Waals surface area contributed by atoms with Crippen molar-refractivity contribution in [2.45, 2.75) is 52.1 Å². The Morgan fingerprint density at radius 3 is 2.61 bits per heavy atom. The van der Waals surface area contributed by atoms with Gasteiger partial charge in [-0.25, -0.2) is 4.98 Å². The highest BCUT2D eigenvalue weighted by Gasteiger charge is 2.25. The maximum atomic E-state index is 4.80. The summed E-state index contributed by atoms with van der Waals surface area (Å²) in [6.45, 7) is 13.4. The molecule has 1 aliphatic rings. The topological polar surface area (TPSA) is 28.2 Å². The zero-order valence-electron chi connectivity index (χ0n) is 12.0. The van der Waals surface area contributed by atoms with E-state index in [4.69, 9.17) is 4.98 Å². The van der Waals surface area contributed by atoms with Crippen LogP contribution in [0.2, 0.25) is 0 Å². The van der Waals surface area contributed by atoms with Gasteiger partial charge in [0.1, 0.15) is 0 Å². The van der Waals surface area contributed by atoms with Crippen molar-refractivity contribution in [1.82, 2.24) is 15.2 Å². The number of aromatic nitrogens is 1. The molecule has 0 aromatic carbocycles. The second-order valence-electron chi connectivity index (χ2n) is 6.18. The summed E-state index contributed by atoms with van der Waals surface area (Å²) in [6.07, 6.45) is 1.22. The molecule has 0 saturated carbocycles. The van der Waals surface area contributed by atoms with Gasteiger partial charge in [0.05, 0.1) is 10.7 Å². The first-order valence-electron chi connectivity index (χ1n) is 6.90. The van der Waals surface area contributed by atoms with Gasteiger partial charge in [-0.15, -0.1) is 11.3 Å². The molecule has 1 aromatic heterocycles. The Morgan fingerprint density at radius 1 is 1.44 bits per heavy atom. The summed E-state index contributed by atoms with van der Waals surface area (Å²) >= 11 is 1.80. The fourth-order valence-electron chi connectivity index (χ4n) is 2.14. The van der Waals surface area contributed by atoms with Crippen LogP contribution in [0.3, 0.4) is 0 Å². The maximum Gasteiger partial charge on any atom is 0.0982 e. The van der Waals surface area contributed by atoms with Crippen LogP contribution in [0.4, 0.5) is 0 Å². The first kappa shape index (κ1) is 14.0. The summed E-state index contributed by atoms with van der Waals surface area (Å²) in [5.41, 5.74) is 1.42. The lowest BCUT2D eigenvalue weighted by Crippen LogP contribution is -2.57. The Labute approximate surface area is 115 Å². The first-order chi connectivity index (χ1) is 8.50. The highest BCUT2D eigenvalue weighted by Crippen LogP contribution is 2.26. The maximum absolute atomic E-state index is 4.80. The SMILES string of the molecule is CCCN(Cc1csc(C(C)(C)C)n1)C1CNC1. The molecule has 2 heterocycles. The molecule has 18 heavy (non-hydrogen) atoms. The van der Waals surface area contributed by atoms with Crippen molar-refractivity contribution >= 4 is 11.3 Å². The third-order valence-electron chi connectivity index (χ3n) is 3.35. The van der Waals surface area contributed by atoms with Crippen molar-refractivity contribution in [2.75, 3.05) is 19.6 Å². The summed E-state index contributed by atoms with van der Waals surface area (Å²) in [4.78, 5) is 7.37. The van der Waals surface area contributed by atoms with Gasteiger partial charge < -0.3 is 5.32 Å². The van der Waals surface area contributed by atoms with Gasteiger partial charge in [0.2, 0.25) is 0 Å². The van der Waals surface area contributed by atoms with Crippen LogP contribution in [-0.2, 0) is 12.0 Å². The number of thiazole rings is 1. The number of rotatable bonds is 5. The molecule has 0 aliphatic carbocycles. The number of nitrogens with one attached hydrogen (secondary N) is 1. The molecule has 1 aromatic rings. The molecule has 4 heteroatoms. The second kappa shape index (κ2) is 5.68. The van der Waals surface area contributed by atoms with E-state index in [1.165, 1.54) is 23.7 Å². The molecule has 0 radical (unpaired) electrons. The summed E-state index contributed by atoms with van der Waals surface area (Å²) in [5, 5.41) is 6.84. The van der Waals surface area contributed by atoms with Crippen molar-refractivity contribution in [1.29, 1.82) is 0 Å². The van der Waals surface area contributed by atoms with Gasteiger partial charge >= 0.3 is 0 Å². The van der Waals surface area contributed by atoms with Gasteiger partial charge in [0.25, 0.3) is 0 Å². The largest absolute Gasteiger partial charge is 0.314 e. The molecule has 3 nitrogen and oxygen atoms in total. The number of hydrogen-bond acceptors (Lipinski definition) is 4. The lowest BCUT2D eigenvalue weighted by molar-refractivity contribution is 0.136. The lowest BCUT2D eigenvalue weighted by Gasteiger charge is -2.37. The van der Waals surface area contributed by atoms with Gasteiger partial charge in [0, 0.05) is 36.5 Å². The average molecular weight is 267 g/mol. The third-order valence-corrected chi connectivity index (χ3v) is 4.66. The minimum absolute atomic E-state index is 0.177. The third kappa shape index (κ3) is 3.31. The van der Waals surface area contributed by atoms with Crippen LogP contribution >= 0.6 is 11.3 Å². The van der Waals surface area contributed by atoms with Crippen LogP contribution < -0.4 is 5.32 Å². The van der Waals surface area contributed by atoms with Crippen molar-refractivity contribution in [2.24, 2.45) is 0 Å². The molecule has 0 unspecified atom stereocenters. The van der Waals surface area contributed by atoms with Gasteiger partial charge in [-0.3, -0.25) is 4.90 Å². The van der Waals surface area contributed by atoms with E-state index in [-0.39, 0.29) is 5.41 Å². The number of nitrogens with zero attached hydrogens (tertiary/aromatic N) is 2. The molecule has 2 rings (SSSR count). The molecule has 102 valence electrons. The van der Waals surface area contributed by atoms with E-state index in [0.717, 1.165) is 19.6 Å². The van der Waals surface area contributed by atoms with Crippen LogP contribution in [0.5, 0.6) is 0 Å². The number of hydrogen-bond donors (Lipinski definition) is 1. The molecule has 1 saturated heterocycles. The standard InChI is InChI=1S/C14H25N3S/c1-5-6-17(12-7-15-8-12)9-11-10-18-13(16-11)14(2,3)4/h10,12,15H,5-9H2,1-4H3. The molecule has 0 bridgehead atoms. The zero-order chi connectivity index (χ0) is 13.2. The molecule has 1 fully saturated rings. The predicted molar refractivity (Wildman–Crippen MR) is 78.2 cm³/mol. The highest BCUT2D eigenvalue weighted by molar-refractivity contribution is 7.09. The molecule has 0 atom stereocenters. The summed E-state index contributed by atoms with van der Waals surface area (Å²) in [6, 6.07) is 0.713. The molecule has 1 aliphatic heterocycles. The summed E-state index contributed by atoms with van der Waals surface area (Å²) in [5.74, 6) is 0. The molecule has 0 spiro atoms. The van der Waals surface area contributed by atoms with E-state index < -0.39 is 0 Å². The predicted octanol–water partition coefficient (Wildman–Crippen LogP) is 2.62. The normalized spacial score (nSPS) is 17.2. The van der Waals surface area contributed by atoms with Crippen molar-refractivity contribution < 1.29 is 0 Å². The van der Waals surface area contributed by atoms with E-state index >= 15 is 0 Å². The zero-order valence-corrected chi connectivity index (χ0v) is 12.8. The van der Waals surface area contributed by atoms with Gasteiger partial charge in [0.15, 0.2) is 0 Å². The van der Waals surface area contributed by atoms with Gasteiger partial charge in [-0.2, -0.15) is 0 Å². The van der Waals surface area contributed by atoms with Crippen LogP contribution in [0.1, 0.15) is 44.8 Å². The Balaban J connectivity index is 2.00. The minimum Gasteiger partial charge on any atom is -0.314 e. The fourth-order valence-corrected chi connectivity index (χ4v) is 3.04. The first-order valence-corrected chi connectivity index (χ1v) is 7.78. The summed E-state index contributed by atoms with van der Waals surface area (Å²) in [7, 11) is 0. The monoisotopic (exact) mass is 267 g/mol. The van der Waals surface area contributed by atoms with E-state index in [1.54, 1.807) is 11.3 Å². The van der Waals surface area contributed by atoms with Crippen LogP contribution in [0.25, 0.3) is 0 Å². The quantitative estimate of drug-likeness (QED) is 0.889. The van der Waals surface area contributed by atoms with E-state index in [0.29, 0.717) is 6.04 Å². The summed E-state index contributed by atoms with van der Waals surface area (Å²) < 4.78 is 0. The highest BCUT2D eigenvalue weighted by atomic mass is 32.1.